The standard InChI is InChI=1S/C17H18BrCl2N/c1-4-21-17(14-9-13(19)5-6-15(14)20)12-7-10(2)16(18)11(3)8-12/h5-9,17,21H,4H2,1-3H3. The van der Waals surface area contributed by atoms with Gasteiger partial charge in [-0.3, -0.25) is 0 Å². The molecule has 0 spiro atoms. The van der Waals surface area contributed by atoms with E-state index in [2.05, 4.69) is 54.2 Å². The molecular formula is C17H18BrCl2N. The van der Waals surface area contributed by atoms with Gasteiger partial charge in [0.05, 0.1) is 6.04 Å². The van der Waals surface area contributed by atoms with Crippen LogP contribution in [0.2, 0.25) is 10.0 Å². The second-order valence-corrected chi connectivity index (χ2v) is 6.76. The molecule has 0 amide bonds. The molecule has 1 nitrogen and oxygen atoms in total. The number of benzene rings is 2. The molecule has 2 rings (SSSR count). The maximum Gasteiger partial charge on any atom is 0.0592 e. The molecule has 0 saturated heterocycles. The lowest BCUT2D eigenvalue weighted by Gasteiger charge is -2.22. The Morgan fingerprint density at radius 1 is 1.10 bits per heavy atom. The molecule has 2 aromatic rings. The number of hydrogen-bond acceptors (Lipinski definition) is 1. The molecule has 112 valence electrons. The third-order valence-corrected chi connectivity index (χ3v) is 5.30. The maximum absolute atomic E-state index is 6.38. The normalized spacial score (nSPS) is 12.5. The third-order valence-electron chi connectivity index (χ3n) is 3.47. The van der Waals surface area contributed by atoms with Crippen LogP contribution in [0.1, 0.15) is 35.2 Å². The smallest absolute Gasteiger partial charge is 0.0592 e. The van der Waals surface area contributed by atoms with E-state index in [1.165, 1.54) is 16.7 Å². The summed E-state index contributed by atoms with van der Waals surface area (Å²) in [5, 5.41) is 4.92. The molecule has 0 aliphatic carbocycles. The second kappa shape index (κ2) is 7.15. The summed E-state index contributed by atoms with van der Waals surface area (Å²) in [6.07, 6.45) is 0. The summed E-state index contributed by atoms with van der Waals surface area (Å²) >= 11 is 16.1. The fourth-order valence-corrected chi connectivity index (χ4v) is 3.13. The number of nitrogens with one attached hydrogen (secondary N) is 1. The van der Waals surface area contributed by atoms with E-state index < -0.39 is 0 Å². The van der Waals surface area contributed by atoms with Gasteiger partial charge in [0.1, 0.15) is 0 Å². The van der Waals surface area contributed by atoms with Gasteiger partial charge in [0.2, 0.25) is 0 Å². The Labute approximate surface area is 144 Å². The lowest BCUT2D eigenvalue weighted by Crippen LogP contribution is -2.22. The van der Waals surface area contributed by atoms with Crippen LogP contribution >= 0.6 is 39.1 Å². The minimum Gasteiger partial charge on any atom is -0.306 e. The van der Waals surface area contributed by atoms with Crippen LogP contribution in [0.3, 0.4) is 0 Å². The highest BCUT2D eigenvalue weighted by molar-refractivity contribution is 9.10. The average molecular weight is 387 g/mol. The molecule has 21 heavy (non-hydrogen) atoms. The minimum absolute atomic E-state index is 0.0340. The van der Waals surface area contributed by atoms with Crippen LogP contribution in [-0.4, -0.2) is 6.54 Å². The van der Waals surface area contributed by atoms with Crippen LogP contribution in [0.5, 0.6) is 0 Å². The van der Waals surface area contributed by atoms with E-state index in [4.69, 9.17) is 23.2 Å². The Bertz CT molecular complexity index is 632. The SMILES string of the molecule is CCNC(c1cc(C)c(Br)c(C)c1)c1cc(Cl)ccc1Cl. The van der Waals surface area contributed by atoms with Crippen molar-refractivity contribution in [2.24, 2.45) is 0 Å². The van der Waals surface area contributed by atoms with Crippen molar-refractivity contribution in [2.75, 3.05) is 6.54 Å². The van der Waals surface area contributed by atoms with Crippen LogP contribution in [0, 0.1) is 13.8 Å². The molecular weight excluding hydrogens is 369 g/mol. The highest BCUT2D eigenvalue weighted by atomic mass is 79.9. The van der Waals surface area contributed by atoms with Crippen molar-refractivity contribution in [2.45, 2.75) is 26.8 Å². The van der Waals surface area contributed by atoms with Crippen molar-refractivity contribution in [1.82, 2.24) is 5.32 Å². The van der Waals surface area contributed by atoms with Crippen LogP contribution in [0.25, 0.3) is 0 Å². The van der Waals surface area contributed by atoms with Crippen LogP contribution < -0.4 is 5.32 Å². The second-order valence-electron chi connectivity index (χ2n) is 5.13. The molecule has 0 aromatic heterocycles. The van der Waals surface area contributed by atoms with E-state index in [0.717, 1.165) is 21.6 Å². The highest BCUT2D eigenvalue weighted by Crippen LogP contribution is 2.33. The van der Waals surface area contributed by atoms with E-state index in [0.29, 0.717) is 5.02 Å². The van der Waals surface area contributed by atoms with Crippen molar-refractivity contribution in [1.29, 1.82) is 0 Å². The van der Waals surface area contributed by atoms with E-state index in [1.54, 1.807) is 0 Å². The Balaban J connectivity index is 2.56. The molecule has 2 aromatic carbocycles. The molecule has 0 saturated carbocycles. The topological polar surface area (TPSA) is 12.0 Å². The van der Waals surface area contributed by atoms with Gasteiger partial charge < -0.3 is 5.32 Å². The molecule has 0 heterocycles. The number of rotatable bonds is 4. The first-order valence-electron chi connectivity index (χ1n) is 6.89. The summed E-state index contributed by atoms with van der Waals surface area (Å²) in [5.41, 5.74) is 4.63. The zero-order valence-electron chi connectivity index (χ0n) is 12.3. The molecule has 4 heteroatoms. The van der Waals surface area contributed by atoms with Gasteiger partial charge in [0, 0.05) is 14.5 Å². The molecule has 0 bridgehead atoms. The molecule has 0 radical (unpaired) electrons. The van der Waals surface area contributed by atoms with E-state index in [9.17, 15) is 0 Å². The molecule has 1 N–H and O–H groups in total. The fraction of sp³-hybridized carbons (Fsp3) is 0.294. The predicted molar refractivity (Wildman–Crippen MR) is 95.6 cm³/mol. The molecule has 0 fully saturated rings. The fourth-order valence-electron chi connectivity index (χ4n) is 2.49. The number of hydrogen-bond donors (Lipinski definition) is 1. The first-order valence-corrected chi connectivity index (χ1v) is 8.44. The lowest BCUT2D eigenvalue weighted by molar-refractivity contribution is 0.630. The third kappa shape index (κ3) is 3.81. The predicted octanol–water partition coefficient (Wildman–Crippen LogP) is 6.07. The van der Waals surface area contributed by atoms with Crippen molar-refractivity contribution in [3.8, 4) is 0 Å². The summed E-state index contributed by atoms with van der Waals surface area (Å²) in [7, 11) is 0. The molecule has 1 unspecified atom stereocenters. The van der Waals surface area contributed by atoms with Gasteiger partial charge in [-0.05, 0) is 60.8 Å². The van der Waals surface area contributed by atoms with Gasteiger partial charge in [-0.1, -0.05) is 58.2 Å². The Morgan fingerprint density at radius 2 is 1.71 bits per heavy atom. The Kier molecular flexibility index (Phi) is 5.73. The zero-order valence-corrected chi connectivity index (χ0v) is 15.4. The molecule has 1 atom stereocenters. The van der Waals surface area contributed by atoms with Crippen LogP contribution in [-0.2, 0) is 0 Å². The summed E-state index contributed by atoms with van der Waals surface area (Å²) in [6, 6.07) is 10.00. The van der Waals surface area contributed by atoms with Gasteiger partial charge in [0.15, 0.2) is 0 Å². The van der Waals surface area contributed by atoms with Gasteiger partial charge in [0.25, 0.3) is 0 Å². The summed E-state index contributed by atoms with van der Waals surface area (Å²) in [6.45, 7) is 7.14. The first-order chi connectivity index (χ1) is 9.93. The Hall–Kier alpha value is -0.540. The summed E-state index contributed by atoms with van der Waals surface area (Å²) in [4.78, 5) is 0. The van der Waals surface area contributed by atoms with Crippen LogP contribution in [0.4, 0.5) is 0 Å². The van der Waals surface area contributed by atoms with Crippen LogP contribution in [0.15, 0.2) is 34.8 Å². The summed E-state index contributed by atoms with van der Waals surface area (Å²) < 4.78 is 1.15. The van der Waals surface area contributed by atoms with Gasteiger partial charge in [-0.25, -0.2) is 0 Å². The minimum atomic E-state index is 0.0340. The number of halogens is 3. The zero-order chi connectivity index (χ0) is 15.6. The van der Waals surface area contributed by atoms with E-state index in [-0.39, 0.29) is 6.04 Å². The molecule has 0 aliphatic rings. The van der Waals surface area contributed by atoms with E-state index in [1.807, 2.05) is 18.2 Å². The monoisotopic (exact) mass is 385 g/mol. The molecule has 0 aliphatic heterocycles. The maximum atomic E-state index is 6.38. The van der Waals surface area contributed by atoms with Crippen molar-refractivity contribution in [3.63, 3.8) is 0 Å². The average Bonchev–Trinajstić information content (AvgIpc) is 2.44. The lowest BCUT2D eigenvalue weighted by atomic mass is 9.95. The van der Waals surface area contributed by atoms with Gasteiger partial charge >= 0.3 is 0 Å². The first kappa shape index (κ1) is 16.8. The van der Waals surface area contributed by atoms with Crippen molar-refractivity contribution in [3.05, 3.63) is 67.1 Å². The van der Waals surface area contributed by atoms with Gasteiger partial charge in [-0.15, -0.1) is 0 Å². The Morgan fingerprint density at radius 3 is 2.29 bits per heavy atom. The van der Waals surface area contributed by atoms with Crippen molar-refractivity contribution >= 4 is 39.1 Å². The van der Waals surface area contributed by atoms with Crippen molar-refractivity contribution < 1.29 is 0 Å². The summed E-state index contributed by atoms with van der Waals surface area (Å²) in [5.74, 6) is 0. The highest BCUT2D eigenvalue weighted by Gasteiger charge is 2.18. The largest absolute Gasteiger partial charge is 0.306 e. The quantitative estimate of drug-likeness (QED) is 0.672. The van der Waals surface area contributed by atoms with E-state index >= 15 is 0 Å². The van der Waals surface area contributed by atoms with Gasteiger partial charge in [-0.2, -0.15) is 0 Å². The number of aryl methyl sites for hydroxylation is 2.